The molecule has 2 amide bonds. The largest absolute Gasteiger partial charge is 0.365 e. The number of hydrogen-bond acceptors (Lipinski definition) is 4. The summed E-state index contributed by atoms with van der Waals surface area (Å²) in [7, 11) is 0. The first-order valence-electron chi connectivity index (χ1n) is 8.32. The topological polar surface area (TPSA) is 84.2 Å². The van der Waals surface area contributed by atoms with Crippen LogP contribution in [0, 0.1) is 5.82 Å². The molecule has 0 spiro atoms. The molecule has 7 heteroatoms. The zero-order chi connectivity index (χ0) is 19.3. The summed E-state index contributed by atoms with van der Waals surface area (Å²) in [6.45, 7) is 8.22. The lowest BCUT2D eigenvalue weighted by Crippen LogP contribution is -2.55. The Bertz CT molecular complexity index is 885. The van der Waals surface area contributed by atoms with Gasteiger partial charge in [0.15, 0.2) is 0 Å². The van der Waals surface area contributed by atoms with Crippen LogP contribution in [0.5, 0.6) is 0 Å². The van der Waals surface area contributed by atoms with E-state index < -0.39 is 17.6 Å². The molecule has 4 N–H and O–H groups in total. The molecule has 0 bridgehead atoms. The second kappa shape index (κ2) is 6.17. The van der Waals surface area contributed by atoms with Gasteiger partial charge in [0.2, 0.25) is 0 Å². The van der Waals surface area contributed by atoms with Gasteiger partial charge in [0.1, 0.15) is 10.8 Å². The van der Waals surface area contributed by atoms with Crippen molar-refractivity contribution < 1.29 is 14.0 Å². The number of anilines is 1. The van der Waals surface area contributed by atoms with E-state index in [0.29, 0.717) is 22.5 Å². The molecule has 2 aromatic rings. The van der Waals surface area contributed by atoms with Crippen LogP contribution >= 0.6 is 11.3 Å². The van der Waals surface area contributed by atoms with Gasteiger partial charge in [0.25, 0.3) is 11.8 Å². The van der Waals surface area contributed by atoms with Gasteiger partial charge in [-0.05, 0) is 63.9 Å². The first-order chi connectivity index (χ1) is 12.0. The van der Waals surface area contributed by atoms with Crippen molar-refractivity contribution in [3.05, 3.63) is 51.7 Å². The van der Waals surface area contributed by atoms with Crippen molar-refractivity contribution in [1.29, 1.82) is 0 Å². The Hall–Kier alpha value is -2.25. The summed E-state index contributed by atoms with van der Waals surface area (Å²) >= 11 is 1.35. The summed E-state index contributed by atoms with van der Waals surface area (Å²) in [6.07, 6.45) is 0.632. The molecule has 0 unspecified atom stereocenters. The fraction of sp³-hybridized carbons (Fsp3) is 0.368. The third-order valence-corrected chi connectivity index (χ3v) is 5.90. The van der Waals surface area contributed by atoms with Gasteiger partial charge in [-0.2, -0.15) is 0 Å². The molecule has 1 aromatic heterocycles. The highest BCUT2D eigenvalue weighted by Crippen LogP contribution is 2.44. The maximum atomic E-state index is 13.1. The number of rotatable bonds is 3. The summed E-state index contributed by atoms with van der Waals surface area (Å²) in [5.41, 5.74) is 6.63. The molecule has 0 aliphatic carbocycles. The van der Waals surface area contributed by atoms with Crippen LogP contribution in [0.1, 0.15) is 58.9 Å². The van der Waals surface area contributed by atoms with Gasteiger partial charge < -0.3 is 16.4 Å². The molecule has 5 nitrogen and oxygen atoms in total. The Morgan fingerprint density at radius 3 is 2.38 bits per heavy atom. The number of nitrogens with one attached hydrogen (secondary N) is 2. The van der Waals surface area contributed by atoms with Gasteiger partial charge in [-0.25, -0.2) is 4.39 Å². The monoisotopic (exact) mass is 375 g/mol. The highest BCUT2D eigenvalue weighted by Gasteiger charge is 2.41. The minimum atomic E-state index is -0.564. The van der Waals surface area contributed by atoms with E-state index in [0.717, 1.165) is 10.4 Å². The zero-order valence-corrected chi connectivity index (χ0v) is 16.0. The SMILES string of the molecule is CC1(C)Cc2c(sc(NC(=O)c3ccc(F)cc3)c2C(N)=O)C(C)(C)N1. The molecule has 1 aliphatic rings. The molecule has 2 heterocycles. The van der Waals surface area contributed by atoms with E-state index in [2.05, 4.69) is 24.5 Å². The van der Waals surface area contributed by atoms with Gasteiger partial charge >= 0.3 is 0 Å². The fourth-order valence-electron chi connectivity index (χ4n) is 3.65. The maximum absolute atomic E-state index is 13.1. The molecular formula is C19H22FN3O2S. The van der Waals surface area contributed by atoms with E-state index in [1.807, 2.05) is 13.8 Å². The van der Waals surface area contributed by atoms with Crippen molar-refractivity contribution in [3.8, 4) is 0 Å². The molecule has 0 fully saturated rings. The Kier molecular flexibility index (Phi) is 4.40. The molecule has 0 radical (unpaired) electrons. The molecule has 26 heavy (non-hydrogen) atoms. The highest BCUT2D eigenvalue weighted by molar-refractivity contribution is 7.17. The van der Waals surface area contributed by atoms with Crippen LogP contribution in [0.15, 0.2) is 24.3 Å². The fourth-order valence-corrected chi connectivity index (χ4v) is 4.93. The highest BCUT2D eigenvalue weighted by atomic mass is 32.1. The van der Waals surface area contributed by atoms with Gasteiger partial charge in [-0.3, -0.25) is 9.59 Å². The van der Waals surface area contributed by atoms with Crippen LogP contribution in [0.3, 0.4) is 0 Å². The number of hydrogen-bond donors (Lipinski definition) is 3. The summed E-state index contributed by atoms with van der Waals surface area (Å²) < 4.78 is 13.1. The molecule has 0 atom stereocenters. The van der Waals surface area contributed by atoms with Gasteiger partial charge in [-0.1, -0.05) is 0 Å². The lowest BCUT2D eigenvalue weighted by Gasteiger charge is -2.42. The maximum Gasteiger partial charge on any atom is 0.256 e. The molecular weight excluding hydrogens is 353 g/mol. The van der Waals surface area contributed by atoms with E-state index in [1.165, 1.54) is 35.6 Å². The number of benzene rings is 1. The van der Waals surface area contributed by atoms with Crippen molar-refractivity contribution in [3.63, 3.8) is 0 Å². The van der Waals surface area contributed by atoms with Crippen LogP contribution in [-0.4, -0.2) is 17.4 Å². The van der Waals surface area contributed by atoms with Crippen molar-refractivity contribution in [1.82, 2.24) is 5.32 Å². The molecule has 3 rings (SSSR count). The van der Waals surface area contributed by atoms with E-state index >= 15 is 0 Å². The average molecular weight is 375 g/mol. The zero-order valence-electron chi connectivity index (χ0n) is 15.2. The average Bonchev–Trinajstić information content (AvgIpc) is 2.84. The van der Waals surface area contributed by atoms with Gasteiger partial charge in [0, 0.05) is 21.5 Å². The van der Waals surface area contributed by atoms with Crippen LogP contribution in [0.25, 0.3) is 0 Å². The van der Waals surface area contributed by atoms with Crippen molar-refractivity contribution in [2.24, 2.45) is 5.73 Å². The van der Waals surface area contributed by atoms with Crippen LogP contribution < -0.4 is 16.4 Å². The number of carbonyl (C=O) groups is 2. The minimum absolute atomic E-state index is 0.208. The number of amides is 2. The van der Waals surface area contributed by atoms with E-state index in [-0.39, 0.29) is 11.1 Å². The Morgan fingerprint density at radius 1 is 1.19 bits per heavy atom. The molecule has 1 aromatic carbocycles. The second-order valence-electron chi connectivity index (χ2n) is 7.75. The van der Waals surface area contributed by atoms with Crippen molar-refractivity contribution in [2.45, 2.75) is 45.2 Å². The van der Waals surface area contributed by atoms with Gasteiger partial charge in [-0.15, -0.1) is 11.3 Å². The van der Waals surface area contributed by atoms with Crippen molar-refractivity contribution >= 4 is 28.2 Å². The molecule has 138 valence electrons. The number of fused-ring (bicyclic) bond motifs is 1. The third-order valence-electron chi connectivity index (χ3n) is 4.42. The number of carbonyl (C=O) groups excluding carboxylic acids is 2. The number of nitrogens with two attached hydrogens (primary N) is 1. The minimum Gasteiger partial charge on any atom is -0.365 e. The number of primary amides is 1. The lowest BCUT2D eigenvalue weighted by atomic mass is 9.81. The standard InChI is InChI=1S/C19H22FN3O2S/c1-18(2)9-12-13(15(21)24)17(26-14(12)19(3,4)23-18)22-16(25)10-5-7-11(20)8-6-10/h5-8,23H,9H2,1-4H3,(H2,21,24)(H,22,25). The van der Waals surface area contributed by atoms with E-state index in [1.54, 1.807) is 0 Å². The van der Waals surface area contributed by atoms with E-state index in [9.17, 15) is 14.0 Å². The Morgan fingerprint density at radius 2 is 1.81 bits per heavy atom. The summed E-state index contributed by atoms with van der Waals surface area (Å²) in [6, 6.07) is 5.24. The van der Waals surface area contributed by atoms with Crippen LogP contribution in [-0.2, 0) is 12.0 Å². The van der Waals surface area contributed by atoms with Crippen LogP contribution in [0.4, 0.5) is 9.39 Å². The molecule has 0 saturated heterocycles. The smallest absolute Gasteiger partial charge is 0.256 e. The quantitative estimate of drug-likeness (QED) is 0.769. The Balaban J connectivity index is 2.03. The van der Waals surface area contributed by atoms with Gasteiger partial charge in [0.05, 0.1) is 5.56 Å². The first-order valence-corrected chi connectivity index (χ1v) is 9.14. The molecule has 1 aliphatic heterocycles. The normalized spacial score (nSPS) is 17.4. The summed E-state index contributed by atoms with van der Waals surface area (Å²) in [5.74, 6) is -1.39. The first kappa shape index (κ1) is 18.5. The summed E-state index contributed by atoms with van der Waals surface area (Å²) in [4.78, 5) is 25.6. The number of halogens is 1. The molecule has 0 saturated carbocycles. The van der Waals surface area contributed by atoms with Crippen LogP contribution in [0.2, 0.25) is 0 Å². The van der Waals surface area contributed by atoms with E-state index in [4.69, 9.17) is 5.73 Å². The third kappa shape index (κ3) is 3.37. The Labute approximate surface area is 155 Å². The second-order valence-corrected chi connectivity index (χ2v) is 8.77. The summed E-state index contributed by atoms with van der Waals surface area (Å²) in [5, 5.41) is 6.78. The number of thiophene rings is 1. The predicted octanol–water partition coefficient (Wildman–Crippen LogP) is 3.40. The van der Waals surface area contributed by atoms with Crippen molar-refractivity contribution in [2.75, 3.05) is 5.32 Å². The predicted molar refractivity (Wildman–Crippen MR) is 101 cm³/mol. The lowest BCUT2D eigenvalue weighted by molar-refractivity contribution is 0.0999.